The minimum atomic E-state index is -0.774. The standard InChI is InChI=1S/C10H15NO2S/c1-4-8-11-7(6-14-8)5-10(2,3)9(12)13/h6H,4-5H2,1-3H3,(H,12,13). The molecule has 1 heterocycles. The Bertz CT molecular complexity index is 331. The Morgan fingerprint density at radius 2 is 2.29 bits per heavy atom. The molecule has 1 rings (SSSR count). The third kappa shape index (κ3) is 2.54. The summed E-state index contributed by atoms with van der Waals surface area (Å²) in [5.41, 5.74) is 0.165. The molecule has 3 nitrogen and oxygen atoms in total. The van der Waals surface area contributed by atoms with Crippen LogP contribution in [0.4, 0.5) is 0 Å². The van der Waals surface area contributed by atoms with Gasteiger partial charge in [-0.05, 0) is 20.3 Å². The average molecular weight is 213 g/mol. The van der Waals surface area contributed by atoms with E-state index in [1.54, 1.807) is 25.2 Å². The highest BCUT2D eigenvalue weighted by Crippen LogP contribution is 2.23. The molecule has 0 amide bonds. The van der Waals surface area contributed by atoms with Gasteiger partial charge in [0.1, 0.15) is 0 Å². The van der Waals surface area contributed by atoms with Gasteiger partial charge < -0.3 is 5.11 Å². The second-order valence-electron chi connectivity index (χ2n) is 3.95. The molecule has 1 N–H and O–H groups in total. The van der Waals surface area contributed by atoms with E-state index in [1.165, 1.54) is 0 Å². The van der Waals surface area contributed by atoms with E-state index in [-0.39, 0.29) is 0 Å². The maximum Gasteiger partial charge on any atom is 0.309 e. The quantitative estimate of drug-likeness (QED) is 0.835. The Morgan fingerprint density at radius 1 is 1.64 bits per heavy atom. The van der Waals surface area contributed by atoms with Gasteiger partial charge in [-0.25, -0.2) is 4.98 Å². The first-order valence-electron chi connectivity index (χ1n) is 4.62. The molecule has 14 heavy (non-hydrogen) atoms. The van der Waals surface area contributed by atoms with Gasteiger partial charge in [0, 0.05) is 11.8 Å². The molecule has 0 spiro atoms. The largest absolute Gasteiger partial charge is 0.481 e. The summed E-state index contributed by atoms with van der Waals surface area (Å²) in [5, 5.41) is 12.0. The number of rotatable bonds is 4. The molecule has 0 atom stereocenters. The Morgan fingerprint density at radius 3 is 2.71 bits per heavy atom. The van der Waals surface area contributed by atoms with E-state index in [9.17, 15) is 4.79 Å². The minimum Gasteiger partial charge on any atom is -0.481 e. The van der Waals surface area contributed by atoms with Crippen LogP contribution in [0.15, 0.2) is 5.38 Å². The van der Waals surface area contributed by atoms with Crippen LogP contribution in [-0.4, -0.2) is 16.1 Å². The first-order valence-corrected chi connectivity index (χ1v) is 5.50. The maximum absolute atomic E-state index is 10.9. The summed E-state index contributed by atoms with van der Waals surface area (Å²) >= 11 is 1.60. The molecule has 1 aromatic heterocycles. The van der Waals surface area contributed by atoms with Crippen molar-refractivity contribution in [3.05, 3.63) is 16.1 Å². The number of carboxylic acid groups (broad SMARTS) is 1. The van der Waals surface area contributed by atoms with Crippen LogP contribution < -0.4 is 0 Å². The van der Waals surface area contributed by atoms with Crippen LogP contribution in [0.2, 0.25) is 0 Å². The summed E-state index contributed by atoms with van der Waals surface area (Å²) in [6.45, 7) is 5.49. The summed E-state index contributed by atoms with van der Waals surface area (Å²) in [4.78, 5) is 15.2. The van der Waals surface area contributed by atoms with E-state index in [1.807, 2.05) is 12.3 Å². The Labute approximate surface area is 87.8 Å². The van der Waals surface area contributed by atoms with Gasteiger partial charge in [0.2, 0.25) is 0 Å². The predicted octanol–water partition coefficient (Wildman–Crippen LogP) is 2.36. The molecule has 0 aliphatic carbocycles. The average Bonchev–Trinajstić information content (AvgIpc) is 2.51. The van der Waals surface area contributed by atoms with Gasteiger partial charge in [-0.3, -0.25) is 4.79 Å². The molecule has 0 saturated heterocycles. The normalized spacial score (nSPS) is 11.6. The van der Waals surface area contributed by atoms with Gasteiger partial charge in [-0.2, -0.15) is 0 Å². The van der Waals surface area contributed by atoms with E-state index < -0.39 is 11.4 Å². The summed E-state index contributed by atoms with van der Waals surface area (Å²) in [6.07, 6.45) is 1.41. The van der Waals surface area contributed by atoms with Crippen molar-refractivity contribution in [3.63, 3.8) is 0 Å². The van der Waals surface area contributed by atoms with Gasteiger partial charge in [-0.15, -0.1) is 11.3 Å². The fourth-order valence-electron chi connectivity index (χ4n) is 1.12. The number of aromatic nitrogens is 1. The van der Waals surface area contributed by atoms with Crippen molar-refractivity contribution in [2.24, 2.45) is 5.41 Å². The lowest BCUT2D eigenvalue weighted by Crippen LogP contribution is -2.26. The van der Waals surface area contributed by atoms with Crippen molar-refractivity contribution in [2.75, 3.05) is 0 Å². The number of aliphatic carboxylic acids is 1. The van der Waals surface area contributed by atoms with Crippen LogP contribution in [0.25, 0.3) is 0 Å². The number of carboxylic acids is 1. The van der Waals surface area contributed by atoms with Gasteiger partial charge in [-0.1, -0.05) is 6.92 Å². The number of carbonyl (C=O) groups is 1. The maximum atomic E-state index is 10.9. The first kappa shape index (κ1) is 11.2. The van der Waals surface area contributed by atoms with E-state index in [0.717, 1.165) is 17.1 Å². The molecule has 0 fully saturated rings. The van der Waals surface area contributed by atoms with Crippen molar-refractivity contribution >= 4 is 17.3 Å². The van der Waals surface area contributed by atoms with Gasteiger partial charge in [0.05, 0.1) is 16.1 Å². The fourth-order valence-corrected chi connectivity index (χ4v) is 1.87. The molecule has 0 aliphatic rings. The molecule has 0 aromatic carbocycles. The van der Waals surface area contributed by atoms with Crippen LogP contribution in [0, 0.1) is 5.41 Å². The lowest BCUT2D eigenvalue weighted by atomic mass is 9.88. The highest BCUT2D eigenvalue weighted by Gasteiger charge is 2.28. The van der Waals surface area contributed by atoms with Crippen LogP contribution in [0.5, 0.6) is 0 Å². The molecule has 0 bridgehead atoms. The molecule has 78 valence electrons. The number of aryl methyl sites for hydroxylation is 1. The SMILES string of the molecule is CCc1nc(CC(C)(C)C(=O)O)cs1. The second kappa shape index (κ2) is 4.09. The Balaban J connectivity index is 2.73. The second-order valence-corrected chi connectivity index (χ2v) is 4.89. The molecule has 0 aliphatic heterocycles. The van der Waals surface area contributed by atoms with Crippen LogP contribution >= 0.6 is 11.3 Å². The van der Waals surface area contributed by atoms with E-state index >= 15 is 0 Å². The summed E-state index contributed by atoms with van der Waals surface area (Å²) in [7, 11) is 0. The molecular formula is C10H15NO2S. The topological polar surface area (TPSA) is 50.2 Å². The lowest BCUT2D eigenvalue weighted by Gasteiger charge is -2.16. The molecule has 1 aromatic rings. The molecule has 0 radical (unpaired) electrons. The van der Waals surface area contributed by atoms with Crippen LogP contribution in [0.3, 0.4) is 0 Å². The van der Waals surface area contributed by atoms with Gasteiger partial charge in [0.25, 0.3) is 0 Å². The number of thiazole rings is 1. The lowest BCUT2D eigenvalue weighted by molar-refractivity contribution is -0.146. The van der Waals surface area contributed by atoms with E-state index in [2.05, 4.69) is 4.98 Å². The first-order chi connectivity index (χ1) is 6.45. The summed E-state index contributed by atoms with van der Waals surface area (Å²) in [5.74, 6) is -0.774. The van der Waals surface area contributed by atoms with Crippen molar-refractivity contribution in [3.8, 4) is 0 Å². The molecule has 0 saturated carbocycles. The number of hydrogen-bond acceptors (Lipinski definition) is 3. The fraction of sp³-hybridized carbons (Fsp3) is 0.600. The van der Waals surface area contributed by atoms with Gasteiger partial charge in [0.15, 0.2) is 0 Å². The minimum absolute atomic E-state index is 0.499. The molecule has 4 heteroatoms. The zero-order valence-electron chi connectivity index (χ0n) is 8.70. The van der Waals surface area contributed by atoms with Crippen LogP contribution in [0.1, 0.15) is 31.5 Å². The van der Waals surface area contributed by atoms with Crippen molar-refractivity contribution in [1.29, 1.82) is 0 Å². The van der Waals surface area contributed by atoms with Crippen molar-refractivity contribution in [1.82, 2.24) is 4.98 Å². The monoisotopic (exact) mass is 213 g/mol. The Hall–Kier alpha value is -0.900. The van der Waals surface area contributed by atoms with Crippen LogP contribution in [-0.2, 0) is 17.6 Å². The third-order valence-corrected chi connectivity index (χ3v) is 3.15. The highest BCUT2D eigenvalue weighted by atomic mass is 32.1. The Kier molecular flexibility index (Phi) is 3.26. The van der Waals surface area contributed by atoms with Crippen molar-refractivity contribution < 1.29 is 9.90 Å². The van der Waals surface area contributed by atoms with E-state index in [0.29, 0.717) is 6.42 Å². The zero-order valence-corrected chi connectivity index (χ0v) is 9.52. The number of hydrogen-bond donors (Lipinski definition) is 1. The number of nitrogens with zero attached hydrogens (tertiary/aromatic N) is 1. The summed E-state index contributed by atoms with van der Waals surface area (Å²) in [6, 6.07) is 0. The van der Waals surface area contributed by atoms with Gasteiger partial charge >= 0.3 is 5.97 Å². The van der Waals surface area contributed by atoms with E-state index in [4.69, 9.17) is 5.11 Å². The summed E-state index contributed by atoms with van der Waals surface area (Å²) < 4.78 is 0. The smallest absolute Gasteiger partial charge is 0.309 e. The third-order valence-electron chi connectivity index (χ3n) is 2.10. The van der Waals surface area contributed by atoms with Crippen molar-refractivity contribution in [2.45, 2.75) is 33.6 Å². The highest BCUT2D eigenvalue weighted by molar-refractivity contribution is 7.09. The molecule has 0 unspecified atom stereocenters. The molecular weight excluding hydrogens is 198 g/mol. The predicted molar refractivity (Wildman–Crippen MR) is 56.6 cm³/mol. The zero-order chi connectivity index (χ0) is 10.8.